The lowest BCUT2D eigenvalue weighted by molar-refractivity contribution is 0.983. The van der Waals surface area contributed by atoms with Gasteiger partial charge in [-0.2, -0.15) is 10.2 Å². The van der Waals surface area contributed by atoms with Crippen LogP contribution in [0.4, 0.5) is 0 Å². The molecule has 0 bridgehead atoms. The molecule has 0 aliphatic carbocycles. The summed E-state index contributed by atoms with van der Waals surface area (Å²) in [6.07, 6.45) is 3.15. The van der Waals surface area contributed by atoms with Crippen molar-refractivity contribution in [3.8, 4) is 16.9 Å². The van der Waals surface area contributed by atoms with Crippen LogP contribution in [0.3, 0.4) is 0 Å². The topological polar surface area (TPSA) is 79.4 Å². The van der Waals surface area contributed by atoms with Crippen molar-refractivity contribution in [1.29, 1.82) is 0 Å². The summed E-state index contributed by atoms with van der Waals surface area (Å²) >= 11 is 0. The molecule has 6 nitrogen and oxygen atoms in total. The molecule has 0 radical (unpaired) electrons. The molecule has 0 aliphatic rings. The number of H-pyrrole nitrogens is 2. The molecule has 6 heteroatoms. The Morgan fingerprint density at radius 1 is 1.00 bits per heavy atom. The van der Waals surface area contributed by atoms with Crippen molar-refractivity contribution in [2.45, 2.75) is 0 Å². The first kappa shape index (κ1) is 9.59. The molecule has 1 aromatic carbocycles. The van der Waals surface area contributed by atoms with Gasteiger partial charge in [0.2, 0.25) is 0 Å². The highest BCUT2D eigenvalue weighted by atomic mass is 16.1. The summed E-state index contributed by atoms with van der Waals surface area (Å²) in [6, 6.07) is 9.43. The predicted molar refractivity (Wildman–Crippen MR) is 61.8 cm³/mol. The molecule has 0 spiro atoms. The second-order valence-electron chi connectivity index (χ2n) is 3.55. The van der Waals surface area contributed by atoms with E-state index in [0.717, 1.165) is 16.9 Å². The number of hydrogen-bond acceptors (Lipinski definition) is 3. The molecular formula is C11H9N5O. The van der Waals surface area contributed by atoms with Gasteiger partial charge in [-0.05, 0) is 23.8 Å². The Labute approximate surface area is 95.9 Å². The van der Waals surface area contributed by atoms with Gasteiger partial charge in [0.15, 0.2) is 0 Å². The monoisotopic (exact) mass is 227 g/mol. The van der Waals surface area contributed by atoms with E-state index in [2.05, 4.69) is 20.4 Å². The average Bonchev–Trinajstić information content (AvgIpc) is 3.00. The number of aromatic amines is 2. The van der Waals surface area contributed by atoms with E-state index >= 15 is 0 Å². The first-order chi connectivity index (χ1) is 8.34. The van der Waals surface area contributed by atoms with Crippen LogP contribution in [0.2, 0.25) is 0 Å². The van der Waals surface area contributed by atoms with Crippen LogP contribution in [0, 0.1) is 0 Å². The van der Waals surface area contributed by atoms with Crippen molar-refractivity contribution in [2.24, 2.45) is 0 Å². The number of benzene rings is 1. The number of hydrogen-bond donors (Lipinski definition) is 2. The van der Waals surface area contributed by atoms with Crippen LogP contribution in [-0.2, 0) is 0 Å². The maximum absolute atomic E-state index is 11.4. The van der Waals surface area contributed by atoms with E-state index in [9.17, 15) is 4.79 Å². The molecule has 0 saturated carbocycles. The van der Waals surface area contributed by atoms with Crippen molar-refractivity contribution in [2.75, 3.05) is 0 Å². The second-order valence-corrected chi connectivity index (χ2v) is 3.55. The summed E-state index contributed by atoms with van der Waals surface area (Å²) < 4.78 is 1.44. The molecule has 3 rings (SSSR count). The SMILES string of the molecule is O=c1[nH]ncn1-c1ccc(-c2ccn[nH]2)cc1. The molecule has 84 valence electrons. The van der Waals surface area contributed by atoms with E-state index in [0.29, 0.717) is 0 Å². The lowest BCUT2D eigenvalue weighted by Crippen LogP contribution is -2.13. The van der Waals surface area contributed by atoms with Crippen LogP contribution in [-0.4, -0.2) is 25.0 Å². The summed E-state index contributed by atoms with van der Waals surface area (Å²) in [5.74, 6) is 0. The third kappa shape index (κ3) is 1.65. The van der Waals surface area contributed by atoms with E-state index in [-0.39, 0.29) is 5.69 Å². The molecule has 0 atom stereocenters. The Bertz CT molecular complexity index is 662. The smallest absolute Gasteiger partial charge is 0.278 e. The third-order valence-electron chi connectivity index (χ3n) is 2.51. The zero-order valence-corrected chi connectivity index (χ0v) is 8.79. The summed E-state index contributed by atoms with van der Waals surface area (Å²) in [5.41, 5.74) is 2.48. The highest BCUT2D eigenvalue weighted by Gasteiger charge is 2.02. The number of aromatic nitrogens is 5. The van der Waals surface area contributed by atoms with Gasteiger partial charge in [0, 0.05) is 6.20 Å². The Morgan fingerprint density at radius 3 is 2.41 bits per heavy atom. The van der Waals surface area contributed by atoms with Crippen molar-refractivity contribution >= 4 is 0 Å². The van der Waals surface area contributed by atoms with Crippen LogP contribution in [0.1, 0.15) is 0 Å². The minimum absolute atomic E-state index is 0.251. The van der Waals surface area contributed by atoms with Crippen molar-refractivity contribution in [3.63, 3.8) is 0 Å². The molecule has 0 fully saturated rings. The van der Waals surface area contributed by atoms with Gasteiger partial charge in [0.1, 0.15) is 6.33 Å². The Morgan fingerprint density at radius 2 is 1.82 bits per heavy atom. The van der Waals surface area contributed by atoms with Crippen molar-refractivity contribution in [1.82, 2.24) is 25.0 Å². The largest absolute Gasteiger partial charge is 0.347 e. The molecule has 17 heavy (non-hydrogen) atoms. The van der Waals surface area contributed by atoms with Crippen LogP contribution >= 0.6 is 0 Å². The van der Waals surface area contributed by atoms with Crippen LogP contribution in [0.15, 0.2) is 47.7 Å². The van der Waals surface area contributed by atoms with Gasteiger partial charge in [-0.1, -0.05) is 12.1 Å². The zero-order valence-electron chi connectivity index (χ0n) is 8.79. The number of nitrogens with zero attached hydrogens (tertiary/aromatic N) is 3. The maximum Gasteiger partial charge on any atom is 0.347 e. The van der Waals surface area contributed by atoms with Gasteiger partial charge >= 0.3 is 5.69 Å². The fourth-order valence-electron chi connectivity index (χ4n) is 1.65. The molecule has 3 aromatic rings. The van der Waals surface area contributed by atoms with Gasteiger partial charge in [-0.15, -0.1) is 0 Å². The lowest BCUT2D eigenvalue weighted by atomic mass is 10.1. The Kier molecular flexibility index (Phi) is 2.11. The second kappa shape index (κ2) is 3.75. The predicted octanol–water partition coefficient (Wildman–Crippen LogP) is 0.951. The van der Waals surface area contributed by atoms with Gasteiger partial charge in [0.05, 0.1) is 11.4 Å². The zero-order chi connectivity index (χ0) is 11.7. The summed E-state index contributed by atoms with van der Waals surface area (Å²) in [6.45, 7) is 0. The van der Waals surface area contributed by atoms with Crippen molar-refractivity contribution < 1.29 is 0 Å². The van der Waals surface area contributed by atoms with Crippen molar-refractivity contribution in [3.05, 3.63) is 53.3 Å². The molecule has 0 saturated heterocycles. The van der Waals surface area contributed by atoms with Crippen LogP contribution in [0.25, 0.3) is 16.9 Å². The number of nitrogens with one attached hydrogen (secondary N) is 2. The summed E-state index contributed by atoms with van der Waals surface area (Å²) in [7, 11) is 0. The molecule has 0 aliphatic heterocycles. The van der Waals surface area contributed by atoms with Gasteiger partial charge in [0.25, 0.3) is 0 Å². The molecule has 2 aromatic heterocycles. The Hall–Kier alpha value is -2.63. The normalized spacial score (nSPS) is 10.6. The van der Waals surface area contributed by atoms with Crippen LogP contribution < -0.4 is 5.69 Å². The molecule has 2 N–H and O–H groups in total. The first-order valence-electron chi connectivity index (χ1n) is 5.07. The van der Waals surface area contributed by atoms with E-state index in [1.807, 2.05) is 30.3 Å². The van der Waals surface area contributed by atoms with E-state index in [1.54, 1.807) is 6.20 Å². The quantitative estimate of drug-likeness (QED) is 0.684. The average molecular weight is 227 g/mol. The van der Waals surface area contributed by atoms with Gasteiger partial charge in [-0.3, -0.25) is 5.10 Å². The molecule has 2 heterocycles. The van der Waals surface area contributed by atoms with E-state index in [1.165, 1.54) is 10.9 Å². The number of rotatable bonds is 2. The van der Waals surface area contributed by atoms with Gasteiger partial charge < -0.3 is 0 Å². The summed E-state index contributed by atoms with van der Waals surface area (Å²) in [4.78, 5) is 11.4. The maximum atomic E-state index is 11.4. The molecule has 0 unspecified atom stereocenters. The standard InChI is InChI=1S/C11H9N5O/c17-11-15-13-7-16(11)9-3-1-8(2-4-9)10-5-6-12-14-10/h1-7H,(H,12,14)(H,15,17). The highest BCUT2D eigenvalue weighted by molar-refractivity contribution is 5.60. The summed E-state index contributed by atoms with van der Waals surface area (Å²) in [5, 5.41) is 12.8. The molecule has 0 amide bonds. The first-order valence-corrected chi connectivity index (χ1v) is 5.07. The minimum Gasteiger partial charge on any atom is -0.278 e. The fraction of sp³-hybridized carbons (Fsp3) is 0. The van der Waals surface area contributed by atoms with E-state index in [4.69, 9.17) is 0 Å². The van der Waals surface area contributed by atoms with Crippen LogP contribution in [0.5, 0.6) is 0 Å². The van der Waals surface area contributed by atoms with Gasteiger partial charge in [-0.25, -0.2) is 14.5 Å². The highest BCUT2D eigenvalue weighted by Crippen LogP contribution is 2.17. The third-order valence-corrected chi connectivity index (χ3v) is 2.51. The fourth-order valence-corrected chi connectivity index (χ4v) is 1.65. The lowest BCUT2D eigenvalue weighted by Gasteiger charge is -2.01. The molecular weight excluding hydrogens is 218 g/mol. The van der Waals surface area contributed by atoms with E-state index < -0.39 is 0 Å². The minimum atomic E-state index is -0.251. The Balaban J connectivity index is 2.01.